The molecular formula is C21H31FN2O2. The van der Waals surface area contributed by atoms with Crippen molar-refractivity contribution in [1.29, 1.82) is 0 Å². The number of hydrogen-bond donors (Lipinski definition) is 2. The van der Waals surface area contributed by atoms with Gasteiger partial charge in [-0.15, -0.1) is 0 Å². The summed E-state index contributed by atoms with van der Waals surface area (Å²) in [5, 5.41) is 6.47. The molecule has 2 fully saturated rings. The van der Waals surface area contributed by atoms with Gasteiger partial charge < -0.3 is 10.1 Å². The highest BCUT2D eigenvalue weighted by Gasteiger charge is 2.42. The summed E-state index contributed by atoms with van der Waals surface area (Å²) in [7, 11) is 1.45. The monoisotopic (exact) mass is 362 g/mol. The highest BCUT2D eigenvalue weighted by atomic mass is 19.1. The van der Waals surface area contributed by atoms with Crippen molar-refractivity contribution in [3.63, 3.8) is 0 Å². The summed E-state index contributed by atoms with van der Waals surface area (Å²) >= 11 is 0. The first-order valence-electron chi connectivity index (χ1n) is 9.79. The first-order chi connectivity index (χ1) is 12.4. The highest BCUT2D eigenvalue weighted by Crippen LogP contribution is 2.49. The molecule has 2 bridgehead atoms. The summed E-state index contributed by atoms with van der Waals surface area (Å²) < 4.78 is 18.8. The predicted octanol–water partition coefficient (Wildman–Crippen LogP) is 3.81. The molecule has 2 saturated carbocycles. The fraction of sp³-hybridized carbons (Fsp3) is 0.667. The Bertz CT molecular complexity index is 651. The number of hydrogen-bond acceptors (Lipinski definition) is 3. The van der Waals surface area contributed by atoms with Crippen LogP contribution in [0, 0.1) is 23.6 Å². The van der Waals surface area contributed by atoms with Crippen molar-refractivity contribution < 1.29 is 13.9 Å². The molecule has 2 N–H and O–H groups in total. The Labute approximate surface area is 155 Å². The van der Waals surface area contributed by atoms with Gasteiger partial charge in [0.15, 0.2) is 11.6 Å². The van der Waals surface area contributed by atoms with Gasteiger partial charge in [-0.05, 0) is 75.5 Å². The molecule has 0 spiro atoms. The average Bonchev–Trinajstić information content (AvgIpc) is 3.24. The molecule has 144 valence electrons. The van der Waals surface area contributed by atoms with Gasteiger partial charge >= 0.3 is 0 Å². The van der Waals surface area contributed by atoms with E-state index in [1.165, 1.54) is 38.9 Å². The van der Waals surface area contributed by atoms with Gasteiger partial charge in [0.05, 0.1) is 13.2 Å². The number of methoxy groups -OCH3 is 1. The van der Waals surface area contributed by atoms with E-state index in [0.29, 0.717) is 5.92 Å². The van der Waals surface area contributed by atoms with Crippen LogP contribution in [0.4, 0.5) is 4.39 Å². The zero-order valence-corrected chi connectivity index (χ0v) is 16.2. The lowest BCUT2D eigenvalue weighted by molar-refractivity contribution is -0.124. The lowest BCUT2D eigenvalue weighted by Gasteiger charge is -2.30. The van der Waals surface area contributed by atoms with Crippen LogP contribution in [0.3, 0.4) is 0 Å². The molecule has 5 heteroatoms. The average molecular weight is 362 g/mol. The quantitative estimate of drug-likeness (QED) is 0.775. The van der Waals surface area contributed by atoms with Gasteiger partial charge in [0, 0.05) is 12.1 Å². The SMILES string of the molecule is COc1ccc(C(C)NC(C)C(=O)NC(C)C2CC3CCC2C3)cc1F. The van der Waals surface area contributed by atoms with Gasteiger partial charge in [-0.3, -0.25) is 10.1 Å². The smallest absolute Gasteiger partial charge is 0.237 e. The fourth-order valence-electron chi connectivity index (χ4n) is 4.86. The Morgan fingerprint density at radius 2 is 2.00 bits per heavy atom. The van der Waals surface area contributed by atoms with Crippen LogP contribution in [-0.2, 0) is 4.79 Å². The molecule has 2 aliphatic rings. The Morgan fingerprint density at radius 1 is 1.23 bits per heavy atom. The third kappa shape index (κ3) is 4.03. The molecule has 4 nitrogen and oxygen atoms in total. The Morgan fingerprint density at radius 3 is 2.58 bits per heavy atom. The maximum Gasteiger partial charge on any atom is 0.237 e. The molecular weight excluding hydrogens is 331 g/mol. The minimum atomic E-state index is -0.388. The van der Waals surface area contributed by atoms with E-state index in [1.54, 1.807) is 6.07 Å². The van der Waals surface area contributed by atoms with Crippen molar-refractivity contribution in [3.05, 3.63) is 29.6 Å². The molecule has 0 radical (unpaired) electrons. The predicted molar refractivity (Wildman–Crippen MR) is 101 cm³/mol. The van der Waals surface area contributed by atoms with Crippen molar-refractivity contribution in [1.82, 2.24) is 10.6 Å². The molecule has 1 aromatic rings. The number of fused-ring (bicyclic) bond motifs is 2. The summed E-state index contributed by atoms with van der Waals surface area (Å²) in [5.74, 6) is 2.15. The minimum Gasteiger partial charge on any atom is -0.494 e. The van der Waals surface area contributed by atoms with Crippen molar-refractivity contribution in [2.75, 3.05) is 7.11 Å². The van der Waals surface area contributed by atoms with Gasteiger partial charge in [0.1, 0.15) is 0 Å². The zero-order valence-electron chi connectivity index (χ0n) is 16.2. The second-order valence-corrected chi connectivity index (χ2v) is 8.14. The van der Waals surface area contributed by atoms with Crippen molar-refractivity contribution in [2.45, 2.75) is 64.6 Å². The highest BCUT2D eigenvalue weighted by molar-refractivity contribution is 5.81. The molecule has 0 heterocycles. The summed E-state index contributed by atoms with van der Waals surface area (Å²) in [5.41, 5.74) is 0.795. The number of amides is 1. The second kappa shape index (κ2) is 7.95. The number of rotatable bonds is 7. The van der Waals surface area contributed by atoms with E-state index < -0.39 is 0 Å². The van der Waals surface area contributed by atoms with Crippen molar-refractivity contribution in [2.24, 2.45) is 17.8 Å². The van der Waals surface area contributed by atoms with Crippen LogP contribution in [0.2, 0.25) is 0 Å². The standard InChI is InChI=1S/C21H31FN2O2/c1-12(16-7-8-20(26-4)19(22)11-16)23-14(3)21(25)24-13(2)18-10-15-5-6-17(18)9-15/h7-8,11-15,17-18,23H,5-6,9-10H2,1-4H3,(H,24,25). The number of carbonyl (C=O) groups is 1. The van der Waals surface area contributed by atoms with Crippen LogP contribution in [0.5, 0.6) is 5.75 Å². The first-order valence-corrected chi connectivity index (χ1v) is 9.79. The molecule has 26 heavy (non-hydrogen) atoms. The number of carbonyl (C=O) groups excluding carboxylic acids is 1. The van der Waals surface area contributed by atoms with E-state index >= 15 is 0 Å². The summed E-state index contributed by atoms with van der Waals surface area (Å²) in [4.78, 5) is 12.6. The van der Waals surface area contributed by atoms with E-state index in [9.17, 15) is 9.18 Å². The first kappa shape index (κ1) is 19.2. The number of ether oxygens (including phenoxy) is 1. The van der Waals surface area contributed by atoms with E-state index in [-0.39, 0.29) is 35.6 Å². The summed E-state index contributed by atoms with van der Waals surface area (Å²) in [6.45, 7) is 5.93. The minimum absolute atomic E-state index is 0.0149. The molecule has 2 aliphatic carbocycles. The summed E-state index contributed by atoms with van der Waals surface area (Å²) in [6.07, 6.45) is 5.30. The molecule has 6 unspecified atom stereocenters. The topological polar surface area (TPSA) is 50.4 Å². The molecule has 1 aromatic carbocycles. The Hall–Kier alpha value is -1.62. The maximum atomic E-state index is 13.9. The zero-order chi connectivity index (χ0) is 18.8. The van der Waals surface area contributed by atoms with Gasteiger partial charge in [-0.2, -0.15) is 0 Å². The van der Waals surface area contributed by atoms with Crippen LogP contribution in [0.1, 0.15) is 58.1 Å². The molecule has 1 amide bonds. The molecule has 0 aliphatic heterocycles. The number of halogens is 1. The van der Waals surface area contributed by atoms with Gasteiger partial charge in [-0.25, -0.2) is 4.39 Å². The Balaban J connectivity index is 1.52. The fourth-order valence-corrected chi connectivity index (χ4v) is 4.86. The molecule has 6 atom stereocenters. The normalized spacial score (nSPS) is 27.8. The van der Waals surface area contributed by atoms with E-state index in [1.807, 2.05) is 19.9 Å². The van der Waals surface area contributed by atoms with Crippen molar-refractivity contribution in [3.8, 4) is 5.75 Å². The van der Waals surface area contributed by atoms with Crippen LogP contribution in [-0.4, -0.2) is 25.1 Å². The van der Waals surface area contributed by atoms with E-state index in [2.05, 4.69) is 17.6 Å². The van der Waals surface area contributed by atoms with Crippen LogP contribution < -0.4 is 15.4 Å². The van der Waals surface area contributed by atoms with Gasteiger partial charge in [-0.1, -0.05) is 12.5 Å². The van der Waals surface area contributed by atoms with E-state index in [0.717, 1.165) is 17.4 Å². The molecule has 0 saturated heterocycles. The van der Waals surface area contributed by atoms with Gasteiger partial charge in [0.25, 0.3) is 0 Å². The third-order valence-electron chi connectivity index (χ3n) is 6.37. The van der Waals surface area contributed by atoms with Gasteiger partial charge in [0.2, 0.25) is 5.91 Å². The largest absolute Gasteiger partial charge is 0.494 e. The van der Waals surface area contributed by atoms with E-state index in [4.69, 9.17) is 4.74 Å². The number of nitrogens with one attached hydrogen (secondary N) is 2. The Kier molecular flexibility index (Phi) is 5.86. The lowest BCUT2D eigenvalue weighted by atomic mass is 9.84. The summed E-state index contributed by atoms with van der Waals surface area (Å²) in [6, 6.07) is 4.65. The van der Waals surface area contributed by atoms with Crippen LogP contribution in [0.25, 0.3) is 0 Å². The van der Waals surface area contributed by atoms with Crippen LogP contribution >= 0.6 is 0 Å². The second-order valence-electron chi connectivity index (χ2n) is 8.14. The lowest BCUT2D eigenvalue weighted by Crippen LogP contribution is -2.48. The number of benzene rings is 1. The molecule has 3 rings (SSSR count). The van der Waals surface area contributed by atoms with Crippen molar-refractivity contribution >= 4 is 5.91 Å². The van der Waals surface area contributed by atoms with Crippen LogP contribution in [0.15, 0.2) is 18.2 Å². The third-order valence-corrected chi connectivity index (χ3v) is 6.37. The molecule has 0 aromatic heterocycles. The maximum absolute atomic E-state index is 13.9.